The molecule has 14 atom stereocenters. The number of amides is 17. The van der Waals surface area contributed by atoms with Gasteiger partial charge >= 0.3 is 11.9 Å². The number of hydrogen-bond donors (Lipinski definition) is 22. The number of unbranched alkanes of at least 4 members (excludes halogenated alkanes) is 1. The predicted molar refractivity (Wildman–Crippen MR) is 416 cm³/mol. The molecule has 17 amide bonds. The van der Waals surface area contributed by atoms with Crippen LogP contribution < -0.4 is 74.4 Å². The van der Waals surface area contributed by atoms with Gasteiger partial charge in [-0.3, -0.25) is 95.4 Å². The van der Waals surface area contributed by atoms with Gasteiger partial charge in [-0.15, -0.1) is 0 Å². The monoisotopic (exact) mass is 1720 g/mol. The van der Waals surface area contributed by atoms with Crippen LogP contribution in [0.25, 0.3) is 10.9 Å². The number of H-pyrrole nitrogens is 1. The van der Waals surface area contributed by atoms with Crippen molar-refractivity contribution in [2.75, 3.05) is 96.5 Å². The maximum Gasteiger partial charge on any atom is 0.326 e. The van der Waals surface area contributed by atoms with Gasteiger partial charge in [0.25, 0.3) is 0 Å². The highest BCUT2D eigenvalue weighted by Crippen LogP contribution is 2.37. The third-order valence-corrected chi connectivity index (χ3v) is 21.5. The third kappa shape index (κ3) is 30.1. The molecule has 1 aromatic carbocycles. The molecule has 47 heteroatoms. The number of phenols is 1. The number of aliphatic hydroxyl groups excluding tert-OH is 3. The van der Waals surface area contributed by atoms with Crippen LogP contribution in [0.4, 0.5) is 5.69 Å². The Hall–Kier alpha value is -11.0. The summed E-state index contributed by atoms with van der Waals surface area (Å²) in [4.78, 5) is 258. The minimum atomic E-state index is -2.73. The number of carboxylic acids is 2. The predicted octanol–water partition coefficient (Wildman–Crippen LogP) is -8.24. The number of benzene rings is 1. The van der Waals surface area contributed by atoms with Crippen molar-refractivity contribution in [2.45, 2.75) is 188 Å². The summed E-state index contributed by atoms with van der Waals surface area (Å²) in [6, 6.07) is -11.4. The molecule has 5 heterocycles. The summed E-state index contributed by atoms with van der Waals surface area (Å²) in [6.45, 7) is 0.960. The van der Waals surface area contributed by atoms with E-state index in [1.54, 1.807) is 13.8 Å². The number of aromatic nitrogens is 1. The highest BCUT2D eigenvalue weighted by atomic mass is 32.2. The summed E-state index contributed by atoms with van der Waals surface area (Å²) in [7, 11) is -2.73. The van der Waals surface area contributed by atoms with E-state index in [1.165, 1.54) is 13.0 Å². The number of likely N-dealkylation sites (tertiary alicyclic amines) is 1. The van der Waals surface area contributed by atoms with Crippen molar-refractivity contribution in [3.63, 3.8) is 0 Å². The van der Waals surface area contributed by atoms with Crippen LogP contribution in [-0.2, 0) is 118 Å². The molecule has 5 unspecified atom stereocenters. The van der Waals surface area contributed by atoms with Gasteiger partial charge in [-0.2, -0.15) is 12.6 Å². The molecule has 2 saturated heterocycles. The maximum absolute atomic E-state index is 15.4. The SMILES string of the molecule is CCC(C)[C@@H]1NC(=O)CNC(=O)[C@@H]2Cc3c([nH]c4c(NC(=O)CCCNC(=O)[C@H](CCCCNC(=O)COCCNC(=O)COCCNC(=O)CC[C@H](NC(C)=O)C(=O)O)NC(=O)CCCN5C(=O)CC(S)C5=O)c(O)ccc34)S(=O)C[C@H](NC(=O)CNC1=O)C(=O)N[C@@H](CC(=O)O)C(=O)N1C[C@H](O)C[C@H]1C(=O)N[C@@H](C(C)C(O)CO)C(=O)N2. The van der Waals surface area contributed by atoms with Crippen molar-refractivity contribution in [1.82, 2.24) is 83.9 Å². The Morgan fingerprint density at radius 1 is 0.664 bits per heavy atom. The minimum Gasteiger partial charge on any atom is -0.506 e. The lowest BCUT2D eigenvalue weighted by Crippen LogP contribution is -2.62. The van der Waals surface area contributed by atoms with Crippen LogP contribution in [0.15, 0.2) is 17.2 Å². The van der Waals surface area contributed by atoms with Crippen molar-refractivity contribution in [1.29, 1.82) is 0 Å². The van der Waals surface area contributed by atoms with Crippen LogP contribution in [0.5, 0.6) is 5.75 Å². The van der Waals surface area contributed by atoms with Gasteiger partial charge in [0, 0.05) is 96.0 Å². The molecule has 21 N–H and O–H groups in total. The molecule has 2 fully saturated rings. The highest BCUT2D eigenvalue weighted by molar-refractivity contribution is 7.85. The second-order valence-corrected chi connectivity index (χ2v) is 30.8. The number of aromatic hydroxyl groups is 1. The number of imide groups is 1. The molecule has 0 aliphatic carbocycles. The van der Waals surface area contributed by atoms with Crippen LogP contribution in [0.3, 0.4) is 0 Å². The number of nitrogens with zero attached hydrogens (tertiary/aromatic N) is 2. The molecule has 2 bridgehead atoms. The number of fused-ring (bicyclic) bond motifs is 5. The van der Waals surface area contributed by atoms with Gasteiger partial charge in [0.1, 0.15) is 78.0 Å². The Morgan fingerprint density at radius 2 is 1.30 bits per heavy atom. The zero-order valence-electron chi connectivity index (χ0n) is 65.9. The first-order valence-electron chi connectivity index (χ1n) is 38.6. The molecule has 6 rings (SSSR count). The lowest BCUT2D eigenvalue weighted by Gasteiger charge is -2.32. The van der Waals surface area contributed by atoms with E-state index in [-0.39, 0.29) is 133 Å². The largest absolute Gasteiger partial charge is 0.506 e. The fourth-order valence-electron chi connectivity index (χ4n) is 13.0. The van der Waals surface area contributed by atoms with Gasteiger partial charge in [-0.05, 0) is 62.1 Å². The van der Waals surface area contributed by atoms with E-state index in [0.29, 0.717) is 4.90 Å². The van der Waals surface area contributed by atoms with E-state index >= 15 is 4.21 Å². The van der Waals surface area contributed by atoms with Crippen LogP contribution in [0, 0.1) is 11.8 Å². The second-order valence-electron chi connectivity index (χ2n) is 28.8. The smallest absolute Gasteiger partial charge is 0.326 e. The number of carbonyl (C=O) groups is 19. The van der Waals surface area contributed by atoms with Gasteiger partial charge in [-0.25, -0.2) is 4.79 Å². The standard InChI is InChI=1S/C72H105N17O28S2/c1-5-35(2)59-67(109)78-28-53(98)81-45-34-119(115)69-40(25-43(64(106)77-29-54(99)85-59)82-68(110)60(36(3)48(94)31-90)86-66(108)46-24-38(92)30-89(46)70(111)44(26-58(103)104)83-65(45)107)39-13-15-47(93)62(61(39)87-69)84-52(97)11-8-18-76-63(105)41(80-51(96)12-9-21-88-57(102)27-49(118)71(88)112)10-6-7-17-73-55(100)32-117-23-20-75-56(101)33-116-22-19-74-50(95)16-14-42(72(113)114)79-37(4)91/h13,15,35-36,38,41-46,48-49,59-60,87,90,92-94,118H,5-12,14,16-34H2,1-4H3,(H,73,100)(H,74,95)(H,75,101)(H,76,105)(H,77,106)(H,78,109)(H,79,91)(H,80,96)(H,81,98)(H,82,110)(H,83,107)(H,84,97)(H,85,99)(H,86,108)(H,103,104)(H,113,114)/t35?,36?,38-,41+,42+,43+,44+,45+,46+,48?,49?,59+,60+,119?/m1/s1. The van der Waals surface area contributed by atoms with E-state index in [2.05, 4.69) is 92.0 Å². The number of aliphatic carboxylic acids is 2. The first-order valence-corrected chi connectivity index (χ1v) is 40.4. The lowest BCUT2D eigenvalue weighted by atomic mass is 9.93. The Morgan fingerprint density at radius 3 is 1.93 bits per heavy atom. The van der Waals surface area contributed by atoms with E-state index < -0.39 is 282 Å². The number of rotatable bonds is 38. The summed E-state index contributed by atoms with van der Waals surface area (Å²) in [5, 5.41) is 96.0. The van der Waals surface area contributed by atoms with Gasteiger partial charge in [-0.1, -0.05) is 27.2 Å². The molecule has 2 aromatic rings. The number of thiol groups is 1. The molecular formula is C72H105N17O28S2. The molecule has 0 saturated carbocycles. The molecule has 1 aromatic heterocycles. The topological polar surface area (TPSA) is 672 Å². The number of aliphatic hydroxyl groups is 3. The Kier molecular flexibility index (Phi) is 38.7. The molecule has 0 radical (unpaired) electrons. The second kappa shape index (κ2) is 47.5. The fourth-order valence-corrected chi connectivity index (χ4v) is 14.7. The number of nitrogens with one attached hydrogen (secondary N) is 15. The molecule has 4 aliphatic heterocycles. The van der Waals surface area contributed by atoms with Gasteiger partial charge in [0.05, 0.1) is 78.9 Å². The molecule has 658 valence electrons. The van der Waals surface area contributed by atoms with E-state index in [4.69, 9.17) is 9.47 Å². The summed E-state index contributed by atoms with van der Waals surface area (Å²) >= 11 is 4.12. The number of ether oxygens (including phenoxy) is 2. The molecule has 45 nitrogen and oxygen atoms in total. The Labute approximate surface area is 688 Å². The lowest BCUT2D eigenvalue weighted by molar-refractivity contribution is -0.146. The zero-order chi connectivity index (χ0) is 87.9. The normalized spacial score (nSPS) is 22.3. The minimum absolute atomic E-state index is 0.000189. The quantitative estimate of drug-likeness (QED) is 0.0128. The van der Waals surface area contributed by atoms with Crippen molar-refractivity contribution in [3.05, 3.63) is 17.7 Å². The maximum atomic E-state index is 15.4. The van der Waals surface area contributed by atoms with Crippen molar-refractivity contribution < 1.29 is 135 Å². The number of anilines is 1. The first-order chi connectivity index (χ1) is 56.4. The van der Waals surface area contributed by atoms with Crippen LogP contribution in [0.1, 0.15) is 117 Å². The van der Waals surface area contributed by atoms with Crippen molar-refractivity contribution in [3.8, 4) is 5.75 Å². The average molecular weight is 1720 g/mol. The van der Waals surface area contributed by atoms with E-state index in [1.807, 2.05) is 0 Å². The Balaban J connectivity index is 1.19. The number of carboxylic acid groups (broad SMARTS) is 2. The van der Waals surface area contributed by atoms with E-state index in [0.717, 1.165) is 17.9 Å². The van der Waals surface area contributed by atoms with Crippen molar-refractivity contribution >= 4 is 152 Å². The first kappa shape index (κ1) is 96.8. The molecular weight excluding hydrogens is 1620 g/mol. The van der Waals surface area contributed by atoms with Gasteiger partial charge < -0.3 is 124 Å². The summed E-state index contributed by atoms with van der Waals surface area (Å²) < 4.78 is 25.9. The number of aromatic amines is 1. The van der Waals surface area contributed by atoms with E-state index in [9.17, 15) is 122 Å². The molecule has 0 spiro atoms. The van der Waals surface area contributed by atoms with Gasteiger partial charge in [0.2, 0.25) is 100 Å². The number of hydrogen-bond acceptors (Lipinski definition) is 27. The summed E-state index contributed by atoms with van der Waals surface area (Å²) in [5.41, 5.74) is -0.861. The summed E-state index contributed by atoms with van der Waals surface area (Å²) in [5.74, 6) is -21.4. The van der Waals surface area contributed by atoms with Crippen molar-refractivity contribution in [2.24, 2.45) is 11.8 Å². The number of phenolic OH excluding ortho intramolecular Hbond substituents is 1. The number of carbonyl (C=O) groups excluding carboxylic acids is 17. The van der Waals surface area contributed by atoms with Crippen LogP contribution in [0.2, 0.25) is 0 Å². The average Bonchev–Trinajstić information content (AvgIpc) is 1.61. The Bertz CT molecular complexity index is 4110. The highest BCUT2D eigenvalue weighted by Gasteiger charge is 2.46. The summed E-state index contributed by atoms with van der Waals surface area (Å²) in [6.07, 6.45) is -6.27. The fraction of sp³-hybridized carbons (Fsp3) is 0.625. The molecule has 119 heavy (non-hydrogen) atoms. The van der Waals surface area contributed by atoms with Gasteiger partial charge in [0.15, 0.2) is 0 Å². The van der Waals surface area contributed by atoms with Crippen LogP contribution >= 0.6 is 12.6 Å². The third-order valence-electron chi connectivity index (χ3n) is 19.7. The van der Waals surface area contributed by atoms with Crippen LogP contribution in [-0.4, -0.2) is 319 Å². The zero-order valence-corrected chi connectivity index (χ0v) is 67.6. The molecule has 4 aliphatic rings.